The smallest absolute Gasteiger partial charge is 0.327 e. The summed E-state index contributed by atoms with van der Waals surface area (Å²) < 4.78 is 3.66. The molecule has 0 bridgehead atoms. The first-order valence-corrected chi connectivity index (χ1v) is 10.7. The van der Waals surface area contributed by atoms with E-state index in [4.69, 9.17) is 11.6 Å². The molecule has 0 radical (unpaired) electrons. The molecule has 10 heteroatoms. The third-order valence-electron chi connectivity index (χ3n) is 6.44. The molecule has 1 amide bonds. The van der Waals surface area contributed by atoms with E-state index >= 15 is 0 Å². The Labute approximate surface area is 188 Å². The standard InChI is InChI=1S/C22H24ClN5O4/c1-25-19-18(20(31)26(2)21(25)32)28(13-24-19)12-17(30)27(3)22(11-7-6-10-16(22)29)14-8-4-5-9-15(14)23/h4-5,8-9,13H,6-7,10-12H2,1-3H3/t22-/m0/s1. The molecule has 3 aromatic rings. The van der Waals surface area contributed by atoms with Gasteiger partial charge in [-0.2, -0.15) is 0 Å². The zero-order valence-corrected chi connectivity index (χ0v) is 18.9. The minimum absolute atomic E-state index is 0.0542. The molecule has 1 atom stereocenters. The van der Waals surface area contributed by atoms with E-state index in [1.54, 1.807) is 31.3 Å². The number of carbonyl (C=O) groups excluding carboxylic acids is 2. The topological polar surface area (TPSA) is 99.2 Å². The zero-order valence-electron chi connectivity index (χ0n) is 18.2. The lowest BCUT2D eigenvalue weighted by Gasteiger charge is -2.44. The Bertz CT molecular complexity index is 1350. The largest absolute Gasteiger partial charge is 0.332 e. The van der Waals surface area contributed by atoms with Gasteiger partial charge in [0.1, 0.15) is 12.1 Å². The van der Waals surface area contributed by atoms with Crippen molar-refractivity contribution >= 4 is 34.5 Å². The number of amides is 1. The van der Waals surface area contributed by atoms with Crippen LogP contribution in [0.25, 0.3) is 11.2 Å². The quantitative estimate of drug-likeness (QED) is 0.592. The van der Waals surface area contributed by atoms with Crippen molar-refractivity contribution in [1.82, 2.24) is 23.6 Å². The van der Waals surface area contributed by atoms with Crippen molar-refractivity contribution in [2.75, 3.05) is 7.05 Å². The Morgan fingerprint density at radius 1 is 1.16 bits per heavy atom. The fourth-order valence-corrected chi connectivity index (χ4v) is 4.90. The molecule has 168 valence electrons. The summed E-state index contributed by atoms with van der Waals surface area (Å²) in [5, 5.41) is 0.430. The van der Waals surface area contributed by atoms with Crippen LogP contribution >= 0.6 is 11.6 Å². The first kappa shape index (κ1) is 22.0. The van der Waals surface area contributed by atoms with E-state index in [0.29, 0.717) is 23.4 Å². The minimum atomic E-state index is -1.16. The van der Waals surface area contributed by atoms with Crippen molar-refractivity contribution in [3.8, 4) is 0 Å². The van der Waals surface area contributed by atoms with E-state index in [0.717, 1.165) is 17.4 Å². The molecule has 1 aromatic carbocycles. The van der Waals surface area contributed by atoms with E-state index in [-0.39, 0.29) is 29.4 Å². The van der Waals surface area contributed by atoms with E-state index < -0.39 is 16.8 Å². The van der Waals surface area contributed by atoms with Gasteiger partial charge in [-0.05, 0) is 25.3 Å². The molecule has 1 saturated carbocycles. The van der Waals surface area contributed by atoms with Crippen LogP contribution in [0.4, 0.5) is 0 Å². The van der Waals surface area contributed by atoms with Crippen molar-refractivity contribution in [2.24, 2.45) is 14.1 Å². The number of likely N-dealkylation sites (N-methyl/N-ethyl adjacent to an activating group) is 1. The predicted molar refractivity (Wildman–Crippen MR) is 120 cm³/mol. The predicted octanol–water partition coefficient (Wildman–Crippen LogP) is 1.58. The Kier molecular flexibility index (Phi) is 5.54. The lowest BCUT2D eigenvalue weighted by Crippen LogP contribution is -2.55. The maximum Gasteiger partial charge on any atom is 0.332 e. The van der Waals surface area contributed by atoms with E-state index in [1.165, 1.54) is 34.5 Å². The van der Waals surface area contributed by atoms with Crippen molar-refractivity contribution in [3.05, 3.63) is 62.0 Å². The van der Waals surface area contributed by atoms with Crippen LogP contribution in [0.5, 0.6) is 0 Å². The third kappa shape index (κ3) is 3.19. The molecule has 1 aliphatic carbocycles. The Morgan fingerprint density at radius 2 is 1.88 bits per heavy atom. The lowest BCUT2D eigenvalue weighted by atomic mass is 9.74. The van der Waals surface area contributed by atoms with Crippen LogP contribution in [0.3, 0.4) is 0 Å². The first-order chi connectivity index (χ1) is 15.2. The highest BCUT2D eigenvalue weighted by Crippen LogP contribution is 2.42. The molecule has 4 rings (SSSR count). The first-order valence-electron chi connectivity index (χ1n) is 10.4. The molecule has 0 saturated heterocycles. The van der Waals surface area contributed by atoms with E-state index in [1.807, 2.05) is 0 Å². The average Bonchev–Trinajstić information content (AvgIpc) is 3.20. The number of ketones is 1. The summed E-state index contributed by atoms with van der Waals surface area (Å²) in [4.78, 5) is 57.2. The number of imidazole rings is 1. The number of benzene rings is 1. The number of hydrogen-bond acceptors (Lipinski definition) is 5. The third-order valence-corrected chi connectivity index (χ3v) is 6.77. The fourth-order valence-electron chi connectivity index (χ4n) is 4.61. The highest BCUT2D eigenvalue weighted by atomic mass is 35.5. The van der Waals surface area contributed by atoms with Crippen molar-refractivity contribution in [1.29, 1.82) is 0 Å². The van der Waals surface area contributed by atoms with Gasteiger partial charge in [0.15, 0.2) is 16.9 Å². The molecule has 0 N–H and O–H groups in total. The molecule has 2 heterocycles. The maximum atomic E-state index is 13.4. The van der Waals surface area contributed by atoms with Crippen LogP contribution in [0.15, 0.2) is 40.2 Å². The summed E-state index contributed by atoms with van der Waals surface area (Å²) in [6.07, 6.45) is 3.74. The highest BCUT2D eigenvalue weighted by Gasteiger charge is 2.47. The molecular weight excluding hydrogens is 434 g/mol. The van der Waals surface area contributed by atoms with Gasteiger partial charge in [-0.25, -0.2) is 9.78 Å². The Balaban J connectivity index is 1.78. The van der Waals surface area contributed by atoms with Gasteiger partial charge >= 0.3 is 5.69 Å². The van der Waals surface area contributed by atoms with Crippen LogP contribution in [0.2, 0.25) is 5.02 Å². The fraction of sp³-hybridized carbons (Fsp3) is 0.409. The molecule has 0 spiro atoms. The van der Waals surface area contributed by atoms with Crippen molar-refractivity contribution in [2.45, 2.75) is 37.8 Å². The second-order valence-corrected chi connectivity index (χ2v) is 8.58. The molecule has 9 nitrogen and oxygen atoms in total. The number of nitrogens with zero attached hydrogens (tertiary/aromatic N) is 5. The summed E-state index contributed by atoms with van der Waals surface area (Å²) in [6, 6.07) is 7.09. The summed E-state index contributed by atoms with van der Waals surface area (Å²) in [5.41, 5.74) is -1.24. The van der Waals surface area contributed by atoms with Gasteiger partial charge in [0, 0.05) is 38.1 Å². The number of fused-ring (bicyclic) bond motifs is 1. The van der Waals surface area contributed by atoms with Gasteiger partial charge < -0.3 is 9.47 Å². The van der Waals surface area contributed by atoms with E-state index in [2.05, 4.69) is 4.98 Å². The van der Waals surface area contributed by atoms with Gasteiger partial charge in [-0.3, -0.25) is 23.5 Å². The lowest BCUT2D eigenvalue weighted by molar-refractivity contribution is -0.148. The van der Waals surface area contributed by atoms with Gasteiger partial charge in [0.05, 0.1) is 6.33 Å². The van der Waals surface area contributed by atoms with Crippen molar-refractivity contribution in [3.63, 3.8) is 0 Å². The Hall–Kier alpha value is -3.20. The second kappa shape index (κ2) is 8.05. The molecule has 0 aliphatic heterocycles. The van der Waals surface area contributed by atoms with Crippen LogP contribution in [0, 0.1) is 0 Å². The van der Waals surface area contributed by atoms with Crippen LogP contribution < -0.4 is 11.2 Å². The molecule has 32 heavy (non-hydrogen) atoms. The monoisotopic (exact) mass is 457 g/mol. The molecule has 1 aliphatic rings. The van der Waals surface area contributed by atoms with E-state index in [9.17, 15) is 19.2 Å². The van der Waals surface area contributed by atoms with Gasteiger partial charge in [0.2, 0.25) is 5.91 Å². The molecule has 2 aromatic heterocycles. The number of carbonyl (C=O) groups is 2. The summed E-state index contributed by atoms with van der Waals surface area (Å²) in [7, 11) is 4.49. The number of Topliss-reactive ketones (excluding diaryl/α,β-unsaturated/α-hetero) is 1. The number of rotatable bonds is 4. The maximum absolute atomic E-state index is 13.4. The average molecular weight is 458 g/mol. The van der Waals surface area contributed by atoms with Crippen LogP contribution in [-0.2, 0) is 35.8 Å². The van der Waals surface area contributed by atoms with Crippen molar-refractivity contribution < 1.29 is 9.59 Å². The number of aryl methyl sites for hydroxylation is 1. The van der Waals surface area contributed by atoms with Crippen LogP contribution in [0.1, 0.15) is 31.2 Å². The summed E-state index contributed by atoms with van der Waals surface area (Å²) in [6.45, 7) is -0.208. The SMILES string of the molecule is CN(C(=O)Cn1cnc2c1c(=O)n(C)c(=O)n2C)[C@]1(c2ccccc2Cl)CCCCC1=O. The summed E-state index contributed by atoms with van der Waals surface area (Å²) in [5.74, 6) is -0.420. The molecule has 1 fully saturated rings. The number of aromatic nitrogens is 4. The second-order valence-electron chi connectivity index (χ2n) is 8.17. The van der Waals surface area contributed by atoms with Gasteiger partial charge in [-0.15, -0.1) is 0 Å². The summed E-state index contributed by atoms with van der Waals surface area (Å²) >= 11 is 6.47. The van der Waals surface area contributed by atoms with Crippen LogP contribution in [-0.4, -0.2) is 42.3 Å². The highest BCUT2D eigenvalue weighted by molar-refractivity contribution is 6.31. The van der Waals surface area contributed by atoms with Gasteiger partial charge in [-0.1, -0.05) is 29.8 Å². The number of hydrogen-bond donors (Lipinski definition) is 0. The normalized spacial score (nSPS) is 18.8. The number of halogens is 1. The molecule has 0 unspecified atom stereocenters. The molecular formula is C22H24ClN5O4. The van der Waals surface area contributed by atoms with Gasteiger partial charge in [0.25, 0.3) is 5.56 Å². The minimum Gasteiger partial charge on any atom is -0.327 e. The zero-order chi connectivity index (χ0) is 23.2. The Morgan fingerprint density at radius 3 is 2.56 bits per heavy atom.